The molecule has 4 rings (SSSR count). The van der Waals surface area contributed by atoms with E-state index in [-0.39, 0.29) is 17.8 Å². The summed E-state index contributed by atoms with van der Waals surface area (Å²) >= 11 is 0. The number of ether oxygens (including phenoxy) is 1. The fraction of sp³-hybridized carbons (Fsp3) is 0.421. The molecule has 28 heavy (non-hydrogen) atoms. The van der Waals surface area contributed by atoms with Crippen molar-refractivity contribution in [3.8, 4) is 0 Å². The summed E-state index contributed by atoms with van der Waals surface area (Å²) in [6, 6.07) is 7.70. The van der Waals surface area contributed by atoms with Gasteiger partial charge in [0.1, 0.15) is 0 Å². The van der Waals surface area contributed by atoms with Crippen molar-refractivity contribution in [1.82, 2.24) is 34.8 Å². The van der Waals surface area contributed by atoms with Crippen molar-refractivity contribution in [3.63, 3.8) is 0 Å². The Morgan fingerprint density at radius 3 is 2.82 bits per heavy atom. The predicted molar refractivity (Wildman–Crippen MR) is 102 cm³/mol. The van der Waals surface area contributed by atoms with Crippen LogP contribution in [0.15, 0.2) is 30.5 Å². The van der Waals surface area contributed by atoms with E-state index in [0.717, 1.165) is 30.2 Å². The Morgan fingerprint density at radius 2 is 2.07 bits per heavy atom. The molecule has 0 radical (unpaired) electrons. The minimum Gasteiger partial charge on any atom is -0.379 e. The van der Waals surface area contributed by atoms with Gasteiger partial charge in [-0.05, 0) is 32.0 Å². The highest BCUT2D eigenvalue weighted by atomic mass is 16.5. The number of morpholine rings is 1. The first kappa shape index (κ1) is 18.5. The van der Waals surface area contributed by atoms with E-state index in [0.29, 0.717) is 25.5 Å². The normalized spacial score (nSPS) is 16.2. The van der Waals surface area contributed by atoms with E-state index in [1.165, 1.54) is 0 Å². The maximum absolute atomic E-state index is 12.8. The summed E-state index contributed by atoms with van der Waals surface area (Å²) in [4.78, 5) is 24.0. The van der Waals surface area contributed by atoms with Gasteiger partial charge in [-0.15, -0.1) is 10.2 Å². The van der Waals surface area contributed by atoms with Crippen molar-refractivity contribution < 1.29 is 9.53 Å². The van der Waals surface area contributed by atoms with Crippen molar-refractivity contribution in [2.45, 2.75) is 19.9 Å². The van der Waals surface area contributed by atoms with Gasteiger partial charge in [0.25, 0.3) is 11.7 Å². The van der Waals surface area contributed by atoms with Gasteiger partial charge >= 0.3 is 0 Å². The first-order valence-electron chi connectivity index (χ1n) is 9.34. The van der Waals surface area contributed by atoms with Crippen LogP contribution < -0.4 is 5.32 Å². The standard InChI is InChI=1S/C19H23N7O2/c1-13-11-14(2)26-17(23-24-19(26)22-13)18(27)21-12-16(15-5-3-4-6-20-15)25-7-9-28-10-8-25/h3-6,11,16H,7-10,12H2,1-2H3,(H,21,27)/t16-/m1/s1. The summed E-state index contributed by atoms with van der Waals surface area (Å²) in [5, 5.41) is 11.1. The van der Waals surface area contributed by atoms with Gasteiger partial charge in [0.15, 0.2) is 0 Å². The number of nitrogens with zero attached hydrogens (tertiary/aromatic N) is 6. The second-order valence-corrected chi connectivity index (χ2v) is 6.83. The molecule has 1 atom stereocenters. The van der Waals surface area contributed by atoms with Gasteiger partial charge in [0, 0.05) is 37.2 Å². The molecule has 9 heteroatoms. The van der Waals surface area contributed by atoms with E-state index < -0.39 is 0 Å². The van der Waals surface area contributed by atoms with Crippen LogP contribution in [0.3, 0.4) is 0 Å². The molecule has 3 aromatic rings. The van der Waals surface area contributed by atoms with Gasteiger partial charge in [-0.25, -0.2) is 4.98 Å². The number of aryl methyl sites for hydroxylation is 2. The number of aromatic nitrogens is 5. The van der Waals surface area contributed by atoms with Crippen molar-refractivity contribution >= 4 is 11.7 Å². The van der Waals surface area contributed by atoms with E-state index in [9.17, 15) is 4.79 Å². The van der Waals surface area contributed by atoms with Gasteiger partial charge in [-0.1, -0.05) is 6.07 Å². The third-order valence-corrected chi connectivity index (χ3v) is 4.87. The minimum atomic E-state index is -0.282. The maximum atomic E-state index is 12.8. The van der Waals surface area contributed by atoms with Crippen LogP contribution in [0.4, 0.5) is 0 Å². The van der Waals surface area contributed by atoms with Crippen LogP contribution in [0.2, 0.25) is 0 Å². The fourth-order valence-corrected chi connectivity index (χ4v) is 3.53. The number of amides is 1. The van der Waals surface area contributed by atoms with Gasteiger partial charge in [-0.3, -0.25) is 19.1 Å². The lowest BCUT2D eigenvalue weighted by molar-refractivity contribution is 0.0153. The molecule has 1 N–H and O–H groups in total. The zero-order valence-electron chi connectivity index (χ0n) is 16.0. The Morgan fingerprint density at radius 1 is 1.25 bits per heavy atom. The molecular weight excluding hydrogens is 358 g/mol. The largest absolute Gasteiger partial charge is 0.379 e. The second-order valence-electron chi connectivity index (χ2n) is 6.83. The third kappa shape index (κ3) is 3.71. The number of hydrogen-bond acceptors (Lipinski definition) is 7. The Kier molecular flexibility index (Phi) is 5.27. The van der Waals surface area contributed by atoms with Crippen molar-refractivity contribution in [2.75, 3.05) is 32.8 Å². The summed E-state index contributed by atoms with van der Waals surface area (Å²) in [5.74, 6) is 0.384. The van der Waals surface area contributed by atoms with Crippen LogP contribution in [0.1, 0.15) is 33.7 Å². The summed E-state index contributed by atoms with van der Waals surface area (Å²) < 4.78 is 7.14. The van der Waals surface area contributed by atoms with E-state index in [4.69, 9.17) is 4.74 Å². The summed E-state index contributed by atoms with van der Waals surface area (Å²) in [5.41, 5.74) is 2.63. The monoisotopic (exact) mass is 381 g/mol. The minimum absolute atomic E-state index is 0.0327. The highest BCUT2D eigenvalue weighted by Gasteiger charge is 2.25. The zero-order valence-corrected chi connectivity index (χ0v) is 16.0. The first-order chi connectivity index (χ1) is 13.6. The maximum Gasteiger partial charge on any atom is 0.289 e. The lowest BCUT2D eigenvalue weighted by Gasteiger charge is -2.34. The molecule has 0 aliphatic carbocycles. The molecule has 0 spiro atoms. The Hall–Kier alpha value is -2.91. The molecule has 4 heterocycles. The van der Waals surface area contributed by atoms with Gasteiger partial charge < -0.3 is 10.1 Å². The number of rotatable bonds is 5. The first-order valence-corrected chi connectivity index (χ1v) is 9.34. The second kappa shape index (κ2) is 7.99. The fourth-order valence-electron chi connectivity index (χ4n) is 3.53. The molecule has 0 aromatic carbocycles. The molecule has 1 aliphatic rings. The topological polar surface area (TPSA) is 97.5 Å². The van der Waals surface area contributed by atoms with Gasteiger partial charge in [-0.2, -0.15) is 0 Å². The number of fused-ring (bicyclic) bond motifs is 1. The number of pyridine rings is 1. The van der Waals surface area contributed by atoms with Crippen LogP contribution in [-0.2, 0) is 4.74 Å². The summed E-state index contributed by atoms with van der Waals surface area (Å²) in [6.07, 6.45) is 1.77. The summed E-state index contributed by atoms with van der Waals surface area (Å²) in [6.45, 7) is 7.17. The van der Waals surface area contributed by atoms with Gasteiger partial charge in [0.2, 0.25) is 5.82 Å². The molecule has 9 nitrogen and oxygen atoms in total. The SMILES string of the molecule is Cc1cc(C)n2c(C(=O)NC[C@H](c3ccccn3)N3CCOCC3)nnc2n1. The molecule has 1 amide bonds. The molecule has 3 aromatic heterocycles. The zero-order chi connectivity index (χ0) is 19.5. The summed E-state index contributed by atoms with van der Waals surface area (Å²) in [7, 11) is 0. The Labute approximate surface area is 162 Å². The molecular formula is C19H23N7O2. The highest BCUT2D eigenvalue weighted by Crippen LogP contribution is 2.19. The predicted octanol–water partition coefficient (Wildman–Crippen LogP) is 0.939. The van der Waals surface area contributed by atoms with Crippen LogP contribution >= 0.6 is 0 Å². The average molecular weight is 381 g/mol. The van der Waals surface area contributed by atoms with Crippen LogP contribution in [0, 0.1) is 13.8 Å². The number of carbonyl (C=O) groups is 1. The molecule has 0 unspecified atom stereocenters. The molecule has 1 fully saturated rings. The van der Waals surface area contributed by atoms with Crippen molar-refractivity contribution in [2.24, 2.45) is 0 Å². The van der Waals surface area contributed by atoms with Crippen LogP contribution in [-0.4, -0.2) is 68.2 Å². The number of hydrogen-bond donors (Lipinski definition) is 1. The van der Waals surface area contributed by atoms with E-state index in [1.54, 1.807) is 10.6 Å². The van der Waals surface area contributed by atoms with Crippen LogP contribution in [0.25, 0.3) is 5.78 Å². The van der Waals surface area contributed by atoms with E-state index in [2.05, 4.69) is 30.4 Å². The van der Waals surface area contributed by atoms with Gasteiger partial charge in [0.05, 0.1) is 24.9 Å². The molecule has 1 aliphatic heterocycles. The molecule has 0 saturated carbocycles. The van der Waals surface area contributed by atoms with Crippen molar-refractivity contribution in [3.05, 3.63) is 53.4 Å². The van der Waals surface area contributed by atoms with E-state index >= 15 is 0 Å². The van der Waals surface area contributed by atoms with Crippen LogP contribution in [0.5, 0.6) is 0 Å². The lowest BCUT2D eigenvalue weighted by atomic mass is 10.1. The molecule has 1 saturated heterocycles. The average Bonchev–Trinajstić information content (AvgIpc) is 3.14. The Bertz CT molecular complexity index is 967. The van der Waals surface area contributed by atoms with Crippen molar-refractivity contribution in [1.29, 1.82) is 0 Å². The number of nitrogens with one attached hydrogen (secondary N) is 1. The lowest BCUT2D eigenvalue weighted by Crippen LogP contribution is -2.44. The number of carbonyl (C=O) groups excluding carboxylic acids is 1. The quantitative estimate of drug-likeness (QED) is 0.702. The smallest absolute Gasteiger partial charge is 0.289 e. The highest BCUT2D eigenvalue weighted by molar-refractivity contribution is 5.91. The molecule has 0 bridgehead atoms. The van der Waals surface area contributed by atoms with E-state index in [1.807, 2.05) is 38.1 Å². The third-order valence-electron chi connectivity index (χ3n) is 4.87. The Balaban J connectivity index is 1.55. The molecule has 146 valence electrons.